The maximum absolute atomic E-state index is 10.2. The van der Waals surface area contributed by atoms with Crippen molar-refractivity contribution in [3.05, 3.63) is 18.0 Å². The molecule has 0 atom stereocenters. The molecule has 0 saturated carbocycles. The van der Waals surface area contributed by atoms with Crippen LogP contribution in [0.25, 0.3) is 0 Å². The Balaban J connectivity index is 1.73. The summed E-state index contributed by atoms with van der Waals surface area (Å²) in [5.74, 6) is 0. The first kappa shape index (κ1) is 13.5. The van der Waals surface area contributed by atoms with Gasteiger partial charge in [-0.25, -0.2) is 0 Å². The number of aliphatic hydroxyl groups is 2. The second-order valence-corrected chi connectivity index (χ2v) is 4.78. The monoisotopic (exact) mass is 255 g/mol. The molecule has 1 aliphatic rings. The van der Waals surface area contributed by atoms with Crippen LogP contribution in [0, 0.1) is 0 Å². The van der Waals surface area contributed by atoms with E-state index in [0.717, 1.165) is 5.56 Å². The number of ether oxygens (including phenoxy) is 1. The molecule has 0 aromatic carbocycles. The topological polar surface area (TPSA) is 79.5 Å². The highest BCUT2D eigenvalue weighted by Crippen LogP contribution is 2.19. The molecule has 18 heavy (non-hydrogen) atoms. The van der Waals surface area contributed by atoms with E-state index >= 15 is 0 Å². The Morgan fingerprint density at radius 3 is 2.94 bits per heavy atom. The van der Waals surface area contributed by atoms with Crippen LogP contribution in [0.1, 0.15) is 18.4 Å². The summed E-state index contributed by atoms with van der Waals surface area (Å²) in [6.07, 6.45) is 5.04. The molecule has 0 radical (unpaired) electrons. The molecule has 6 heteroatoms. The van der Waals surface area contributed by atoms with Crippen molar-refractivity contribution in [3.63, 3.8) is 0 Å². The van der Waals surface area contributed by atoms with Crippen LogP contribution in [-0.2, 0) is 17.8 Å². The van der Waals surface area contributed by atoms with Crippen molar-refractivity contribution in [3.8, 4) is 0 Å². The molecule has 1 aliphatic heterocycles. The zero-order chi connectivity index (χ0) is 12.8. The molecule has 1 aromatic rings. The quantitative estimate of drug-likeness (QED) is 0.639. The van der Waals surface area contributed by atoms with Gasteiger partial charge >= 0.3 is 0 Å². The zero-order valence-electron chi connectivity index (χ0n) is 10.5. The predicted molar refractivity (Wildman–Crippen MR) is 66.0 cm³/mol. The lowest BCUT2D eigenvalue weighted by molar-refractivity contribution is -0.0617. The maximum atomic E-state index is 10.2. The van der Waals surface area contributed by atoms with Gasteiger partial charge in [-0.2, -0.15) is 5.10 Å². The van der Waals surface area contributed by atoms with Gasteiger partial charge in [0.2, 0.25) is 0 Å². The van der Waals surface area contributed by atoms with Crippen molar-refractivity contribution < 1.29 is 14.9 Å². The molecule has 1 aromatic heterocycles. The molecule has 2 heterocycles. The molecule has 0 amide bonds. The van der Waals surface area contributed by atoms with Crippen molar-refractivity contribution >= 4 is 0 Å². The summed E-state index contributed by atoms with van der Waals surface area (Å²) in [5, 5.41) is 26.4. The molecule has 1 fully saturated rings. The van der Waals surface area contributed by atoms with E-state index in [1.54, 1.807) is 10.9 Å². The third-order valence-electron chi connectivity index (χ3n) is 3.22. The van der Waals surface area contributed by atoms with Gasteiger partial charge in [0.25, 0.3) is 0 Å². The summed E-state index contributed by atoms with van der Waals surface area (Å²) >= 11 is 0. The van der Waals surface area contributed by atoms with Gasteiger partial charge in [0, 0.05) is 50.9 Å². The predicted octanol–water partition coefficient (Wildman–Crippen LogP) is -0.493. The van der Waals surface area contributed by atoms with Crippen molar-refractivity contribution in [1.29, 1.82) is 0 Å². The minimum Gasteiger partial charge on any atom is -0.394 e. The first-order valence-corrected chi connectivity index (χ1v) is 6.35. The van der Waals surface area contributed by atoms with Crippen LogP contribution in [0.2, 0.25) is 0 Å². The average molecular weight is 255 g/mol. The van der Waals surface area contributed by atoms with Gasteiger partial charge in [0.15, 0.2) is 0 Å². The smallest absolute Gasteiger partial charge is 0.0815 e. The van der Waals surface area contributed by atoms with E-state index in [1.165, 1.54) is 0 Å². The van der Waals surface area contributed by atoms with E-state index in [1.807, 2.05) is 6.20 Å². The van der Waals surface area contributed by atoms with Gasteiger partial charge < -0.3 is 20.3 Å². The number of nitrogens with one attached hydrogen (secondary N) is 1. The number of aromatic nitrogens is 2. The maximum Gasteiger partial charge on any atom is 0.0815 e. The minimum atomic E-state index is -0.640. The molecule has 1 saturated heterocycles. The Labute approximate surface area is 107 Å². The number of hydrogen-bond acceptors (Lipinski definition) is 5. The molecular formula is C12H21N3O3. The van der Waals surface area contributed by atoms with E-state index in [9.17, 15) is 5.11 Å². The Bertz CT molecular complexity index is 361. The molecule has 0 unspecified atom stereocenters. The van der Waals surface area contributed by atoms with Gasteiger partial charge in [0.05, 0.1) is 24.9 Å². The third kappa shape index (κ3) is 3.78. The Morgan fingerprint density at radius 2 is 2.22 bits per heavy atom. The molecule has 2 rings (SSSR count). The van der Waals surface area contributed by atoms with E-state index < -0.39 is 5.60 Å². The fourth-order valence-corrected chi connectivity index (χ4v) is 2.09. The molecular weight excluding hydrogens is 234 g/mol. The summed E-state index contributed by atoms with van der Waals surface area (Å²) < 4.78 is 6.94. The Hall–Kier alpha value is -0.950. The molecule has 0 spiro atoms. The standard InChI is InChI=1S/C12H21N3O3/c16-4-3-15-9-11(8-14-15)7-13-10-12(17)1-5-18-6-2-12/h8-9,13,16-17H,1-7,10H2. The second-order valence-electron chi connectivity index (χ2n) is 4.78. The van der Waals surface area contributed by atoms with Crippen molar-refractivity contribution in [1.82, 2.24) is 15.1 Å². The fraction of sp³-hybridized carbons (Fsp3) is 0.750. The second kappa shape index (κ2) is 6.29. The van der Waals surface area contributed by atoms with Crippen LogP contribution in [0.4, 0.5) is 0 Å². The average Bonchev–Trinajstić information content (AvgIpc) is 2.78. The van der Waals surface area contributed by atoms with E-state index in [4.69, 9.17) is 9.84 Å². The number of rotatable bonds is 6. The van der Waals surface area contributed by atoms with Gasteiger partial charge in [-0.15, -0.1) is 0 Å². The minimum absolute atomic E-state index is 0.0916. The lowest BCUT2D eigenvalue weighted by Gasteiger charge is -2.32. The van der Waals surface area contributed by atoms with E-state index in [2.05, 4.69) is 10.4 Å². The van der Waals surface area contributed by atoms with Crippen LogP contribution < -0.4 is 5.32 Å². The summed E-state index contributed by atoms with van der Waals surface area (Å²) in [5.41, 5.74) is 0.415. The lowest BCUT2D eigenvalue weighted by Crippen LogP contribution is -2.44. The Morgan fingerprint density at radius 1 is 1.44 bits per heavy atom. The third-order valence-corrected chi connectivity index (χ3v) is 3.22. The first-order chi connectivity index (χ1) is 8.72. The summed E-state index contributed by atoms with van der Waals surface area (Å²) in [7, 11) is 0. The normalized spacial score (nSPS) is 19.0. The summed E-state index contributed by atoms with van der Waals surface area (Å²) in [6, 6.07) is 0. The van der Waals surface area contributed by atoms with Crippen LogP contribution in [0.5, 0.6) is 0 Å². The highest BCUT2D eigenvalue weighted by molar-refractivity contribution is 5.03. The fourth-order valence-electron chi connectivity index (χ4n) is 2.09. The summed E-state index contributed by atoms with van der Waals surface area (Å²) in [4.78, 5) is 0. The van der Waals surface area contributed by atoms with Crippen LogP contribution in [-0.4, -0.2) is 52.0 Å². The zero-order valence-corrected chi connectivity index (χ0v) is 10.5. The number of aliphatic hydroxyl groups excluding tert-OH is 1. The van der Waals surface area contributed by atoms with Gasteiger partial charge in [-0.1, -0.05) is 0 Å². The van der Waals surface area contributed by atoms with Crippen LogP contribution >= 0.6 is 0 Å². The largest absolute Gasteiger partial charge is 0.394 e. The van der Waals surface area contributed by atoms with Crippen molar-refractivity contribution in [2.75, 3.05) is 26.4 Å². The van der Waals surface area contributed by atoms with Gasteiger partial charge in [-0.05, 0) is 0 Å². The van der Waals surface area contributed by atoms with Crippen LogP contribution in [0.15, 0.2) is 12.4 Å². The van der Waals surface area contributed by atoms with E-state index in [-0.39, 0.29) is 6.61 Å². The highest BCUT2D eigenvalue weighted by atomic mass is 16.5. The molecule has 6 nitrogen and oxygen atoms in total. The van der Waals surface area contributed by atoms with Gasteiger partial charge in [0.1, 0.15) is 0 Å². The SMILES string of the molecule is OCCn1cc(CNCC2(O)CCOCC2)cn1. The molecule has 0 aliphatic carbocycles. The molecule has 102 valence electrons. The summed E-state index contributed by atoms with van der Waals surface area (Å²) in [6.45, 7) is 3.12. The van der Waals surface area contributed by atoms with Crippen molar-refractivity contribution in [2.45, 2.75) is 31.5 Å². The number of hydrogen-bond donors (Lipinski definition) is 3. The van der Waals surface area contributed by atoms with Gasteiger partial charge in [-0.3, -0.25) is 4.68 Å². The molecule has 3 N–H and O–H groups in total. The Kier molecular flexibility index (Phi) is 4.71. The van der Waals surface area contributed by atoms with Crippen molar-refractivity contribution in [2.24, 2.45) is 0 Å². The van der Waals surface area contributed by atoms with E-state index in [0.29, 0.717) is 45.7 Å². The van der Waals surface area contributed by atoms with Crippen LogP contribution in [0.3, 0.4) is 0 Å². The first-order valence-electron chi connectivity index (χ1n) is 6.35. The lowest BCUT2D eigenvalue weighted by atomic mass is 9.94. The highest BCUT2D eigenvalue weighted by Gasteiger charge is 2.29. The number of nitrogens with zero attached hydrogens (tertiary/aromatic N) is 2. The molecule has 0 bridgehead atoms.